The van der Waals surface area contributed by atoms with E-state index >= 15 is 0 Å². The van der Waals surface area contributed by atoms with Gasteiger partial charge in [-0.25, -0.2) is 9.97 Å². The second-order valence-electron chi connectivity index (χ2n) is 6.97. The smallest absolute Gasteiger partial charge is 0.779 e. The van der Waals surface area contributed by atoms with Gasteiger partial charge in [0.25, 0.3) is 0 Å². The summed E-state index contributed by atoms with van der Waals surface area (Å²) in [5.41, 5.74) is 4.19. The normalized spacial score (nSPS) is 10.4. The van der Waals surface area contributed by atoms with Crippen molar-refractivity contribution in [3.8, 4) is 21.1 Å². The van der Waals surface area contributed by atoms with Gasteiger partial charge in [-0.15, -0.1) is 22.7 Å². The van der Waals surface area contributed by atoms with Crippen molar-refractivity contribution in [1.29, 1.82) is 0 Å². The van der Waals surface area contributed by atoms with Crippen LogP contribution >= 0.6 is 22.7 Å². The summed E-state index contributed by atoms with van der Waals surface area (Å²) in [5.74, 6) is 0. The number of hydrogen-bond acceptors (Lipinski definition) is 6. The number of nitrogens with zero attached hydrogens (tertiary/aromatic N) is 2. The Morgan fingerprint density at radius 2 is 0.848 bits per heavy atom. The molecule has 0 saturated heterocycles. The molecule has 0 aliphatic heterocycles. The van der Waals surface area contributed by atoms with Crippen molar-refractivity contribution < 1.29 is 19.5 Å². The van der Waals surface area contributed by atoms with Crippen LogP contribution in [0, 0.1) is 0 Å². The number of hydrogen-bond donors (Lipinski definition) is 0. The standard InChI is InChI=1S/2C13H9NS2.Zn/c2*15-11-7-3-1-5-9(11)13-14-10-6-2-4-8-12(10)16-13;/h2*1-8,15H;/q;;+2/p-2. The molecule has 4 aromatic carbocycles. The van der Waals surface area contributed by atoms with Crippen LogP contribution in [0.15, 0.2) is 107 Å². The van der Waals surface area contributed by atoms with Gasteiger partial charge in [0.05, 0.1) is 20.4 Å². The number of aromatic nitrogens is 2. The van der Waals surface area contributed by atoms with E-state index in [4.69, 9.17) is 25.3 Å². The Bertz CT molecular complexity index is 1340. The van der Waals surface area contributed by atoms with Crippen molar-refractivity contribution in [3.63, 3.8) is 0 Å². The van der Waals surface area contributed by atoms with E-state index in [9.17, 15) is 0 Å². The molecule has 0 aliphatic rings. The molecule has 156 valence electrons. The molecule has 0 saturated carbocycles. The van der Waals surface area contributed by atoms with Crippen LogP contribution in [0.5, 0.6) is 0 Å². The van der Waals surface area contributed by atoms with E-state index in [0.29, 0.717) is 0 Å². The molecule has 0 atom stereocenters. The zero-order valence-electron chi connectivity index (χ0n) is 17.5. The van der Waals surface area contributed by atoms with Gasteiger partial charge in [-0.1, -0.05) is 72.8 Å². The molecule has 2 aromatic heterocycles. The number of para-hydroxylation sites is 2. The SMILES string of the molecule is [S-]c1ccccc1-c1nc2ccccc2s1.[S-]c1ccccc1-c1nc2ccccc2s1.[Zn+2]. The van der Waals surface area contributed by atoms with Crippen molar-refractivity contribution in [2.24, 2.45) is 0 Å². The van der Waals surface area contributed by atoms with Gasteiger partial charge in [0.2, 0.25) is 0 Å². The van der Waals surface area contributed by atoms with Gasteiger partial charge in [0.15, 0.2) is 0 Å². The molecular formula is C26H16N2S4Zn. The van der Waals surface area contributed by atoms with Gasteiger partial charge in [0, 0.05) is 0 Å². The zero-order valence-corrected chi connectivity index (χ0v) is 23.7. The Hall–Kier alpha value is -2.28. The van der Waals surface area contributed by atoms with Gasteiger partial charge in [-0.3, -0.25) is 0 Å². The molecule has 2 nitrogen and oxygen atoms in total. The number of fused-ring (bicyclic) bond motifs is 2. The van der Waals surface area contributed by atoms with Crippen LogP contribution in [-0.2, 0) is 44.7 Å². The summed E-state index contributed by atoms with van der Waals surface area (Å²) < 4.78 is 2.41. The van der Waals surface area contributed by atoms with Crippen molar-refractivity contribution >= 4 is 68.4 Å². The summed E-state index contributed by atoms with van der Waals surface area (Å²) in [4.78, 5) is 10.9. The van der Waals surface area contributed by atoms with E-state index < -0.39 is 0 Å². The summed E-state index contributed by atoms with van der Waals surface area (Å²) in [5, 5.41) is 2.01. The second-order valence-corrected chi connectivity index (χ2v) is 9.91. The molecule has 0 fully saturated rings. The maximum Gasteiger partial charge on any atom is 2.00 e. The van der Waals surface area contributed by atoms with Gasteiger partial charge in [-0.05, 0) is 35.4 Å². The van der Waals surface area contributed by atoms with Crippen LogP contribution in [0.3, 0.4) is 0 Å². The minimum atomic E-state index is 0. The number of rotatable bonds is 2. The van der Waals surface area contributed by atoms with Gasteiger partial charge >= 0.3 is 19.5 Å². The van der Waals surface area contributed by atoms with E-state index in [0.717, 1.165) is 42.0 Å². The molecular weight excluding hydrogens is 534 g/mol. The molecule has 6 rings (SSSR count). The minimum Gasteiger partial charge on any atom is -0.779 e. The molecule has 0 bridgehead atoms. The predicted molar refractivity (Wildman–Crippen MR) is 141 cm³/mol. The van der Waals surface area contributed by atoms with E-state index in [1.165, 1.54) is 9.40 Å². The van der Waals surface area contributed by atoms with Crippen LogP contribution in [0.1, 0.15) is 0 Å². The van der Waals surface area contributed by atoms with Crippen molar-refractivity contribution in [2.75, 3.05) is 0 Å². The van der Waals surface area contributed by atoms with E-state index in [1.54, 1.807) is 22.7 Å². The van der Waals surface area contributed by atoms with Gasteiger partial charge in [-0.2, -0.15) is 9.79 Å². The quantitative estimate of drug-likeness (QED) is 0.163. The first-order chi connectivity index (χ1) is 15.7. The Kier molecular flexibility index (Phi) is 7.79. The van der Waals surface area contributed by atoms with Crippen LogP contribution in [-0.4, -0.2) is 9.97 Å². The fraction of sp³-hybridized carbons (Fsp3) is 0. The molecule has 7 heteroatoms. The van der Waals surface area contributed by atoms with Crippen LogP contribution in [0.4, 0.5) is 0 Å². The Balaban J connectivity index is 0.000000152. The van der Waals surface area contributed by atoms with Crippen molar-refractivity contribution in [2.45, 2.75) is 9.79 Å². The summed E-state index contributed by atoms with van der Waals surface area (Å²) >= 11 is 14.0. The summed E-state index contributed by atoms with van der Waals surface area (Å²) in [6, 6.07) is 32.2. The zero-order chi connectivity index (χ0) is 21.9. The molecule has 0 N–H and O–H groups in total. The Labute approximate surface area is 224 Å². The molecule has 6 aromatic rings. The molecule has 0 radical (unpaired) electrons. The fourth-order valence-electron chi connectivity index (χ4n) is 3.26. The van der Waals surface area contributed by atoms with E-state index in [2.05, 4.69) is 22.1 Å². The molecule has 0 unspecified atom stereocenters. The van der Waals surface area contributed by atoms with Crippen LogP contribution in [0.2, 0.25) is 0 Å². The summed E-state index contributed by atoms with van der Waals surface area (Å²) in [6.45, 7) is 0. The molecule has 0 amide bonds. The predicted octanol–water partition coefficient (Wildman–Crippen LogP) is 7.74. The average Bonchev–Trinajstić information content (AvgIpc) is 3.44. The summed E-state index contributed by atoms with van der Waals surface area (Å²) in [6.07, 6.45) is 0. The fourth-order valence-corrected chi connectivity index (χ4v) is 5.89. The first-order valence-corrected chi connectivity index (χ1v) is 12.4. The largest absolute Gasteiger partial charge is 2.00 e. The number of thiazole rings is 2. The molecule has 2 heterocycles. The molecule has 0 aliphatic carbocycles. The molecule has 33 heavy (non-hydrogen) atoms. The Morgan fingerprint density at radius 1 is 0.485 bits per heavy atom. The van der Waals surface area contributed by atoms with Crippen molar-refractivity contribution in [1.82, 2.24) is 9.97 Å². The third kappa shape index (κ3) is 5.29. The van der Waals surface area contributed by atoms with E-state index in [1.807, 2.05) is 84.9 Å². The van der Waals surface area contributed by atoms with Crippen molar-refractivity contribution in [3.05, 3.63) is 97.1 Å². The first-order valence-electron chi connectivity index (χ1n) is 9.93. The van der Waals surface area contributed by atoms with Gasteiger partial charge in [0.1, 0.15) is 10.0 Å². The maximum atomic E-state index is 5.31. The van der Waals surface area contributed by atoms with Crippen LogP contribution < -0.4 is 0 Å². The average molecular weight is 550 g/mol. The first kappa shape index (κ1) is 23.9. The second kappa shape index (κ2) is 10.8. The third-order valence-electron chi connectivity index (χ3n) is 4.82. The van der Waals surface area contributed by atoms with E-state index in [-0.39, 0.29) is 19.5 Å². The monoisotopic (exact) mass is 548 g/mol. The van der Waals surface area contributed by atoms with Crippen LogP contribution in [0.25, 0.3) is 41.6 Å². The molecule has 0 spiro atoms. The number of benzene rings is 4. The van der Waals surface area contributed by atoms with Gasteiger partial charge < -0.3 is 25.3 Å². The minimum absolute atomic E-state index is 0. The Morgan fingerprint density at radius 3 is 1.24 bits per heavy atom. The maximum absolute atomic E-state index is 5.31. The topological polar surface area (TPSA) is 25.8 Å². The summed E-state index contributed by atoms with van der Waals surface area (Å²) in [7, 11) is 0. The third-order valence-corrected chi connectivity index (χ3v) is 7.67.